The molecule has 0 N–H and O–H groups in total. The molecule has 0 spiro atoms. The van der Waals surface area contributed by atoms with Crippen LogP contribution in [-0.2, 0) is 6.54 Å². The van der Waals surface area contributed by atoms with Gasteiger partial charge >= 0.3 is 0 Å². The van der Waals surface area contributed by atoms with E-state index in [0.717, 1.165) is 15.9 Å². The van der Waals surface area contributed by atoms with Crippen LogP contribution < -0.4 is 0 Å². The molecule has 0 saturated heterocycles. The van der Waals surface area contributed by atoms with E-state index < -0.39 is 0 Å². The Hall–Kier alpha value is -3.19. The number of nitrogens with zero attached hydrogens (tertiary/aromatic N) is 4. The zero-order chi connectivity index (χ0) is 16.8. The van der Waals surface area contributed by atoms with Gasteiger partial charge in [0.1, 0.15) is 0 Å². The number of rotatable bonds is 4. The van der Waals surface area contributed by atoms with Gasteiger partial charge in [-0.3, -0.25) is 4.79 Å². The molecule has 4 aromatic heterocycles. The molecule has 7 heteroatoms. The summed E-state index contributed by atoms with van der Waals surface area (Å²) >= 11 is 1.45. The molecule has 0 fully saturated rings. The van der Waals surface area contributed by atoms with Gasteiger partial charge in [-0.05, 0) is 35.7 Å². The molecule has 0 aliphatic carbocycles. The molecule has 0 aliphatic heterocycles. The number of aromatic nitrogens is 4. The highest BCUT2D eigenvalue weighted by molar-refractivity contribution is 7.12. The summed E-state index contributed by atoms with van der Waals surface area (Å²) in [6.07, 6.45) is 1.59. The van der Waals surface area contributed by atoms with Gasteiger partial charge in [0.15, 0.2) is 11.5 Å². The molecule has 0 amide bonds. The zero-order valence-electron chi connectivity index (χ0n) is 13.0. The maximum atomic E-state index is 12.6. The third-order valence-electron chi connectivity index (χ3n) is 4.07. The Labute approximate surface area is 145 Å². The van der Waals surface area contributed by atoms with Crippen LogP contribution in [0.15, 0.2) is 64.6 Å². The van der Waals surface area contributed by atoms with Gasteiger partial charge in [-0.15, -0.1) is 16.4 Å². The van der Waals surface area contributed by atoms with Crippen molar-refractivity contribution in [1.29, 1.82) is 0 Å². The van der Waals surface area contributed by atoms with Crippen molar-refractivity contribution in [2.24, 2.45) is 0 Å². The zero-order valence-corrected chi connectivity index (χ0v) is 13.8. The Morgan fingerprint density at radius 1 is 1.08 bits per heavy atom. The summed E-state index contributed by atoms with van der Waals surface area (Å²) < 4.78 is 9.06. The molecular weight excluding hydrogens is 336 g/mol. The van der Waals surface area contributed by atoms with E-state index >= 15 is 0 Å². The van der Waals surface area contributed by atoms with Crippen LogP contribution in [0.4, 0.5) is 0 Å². The molecule has 122 valence electrons. The highest BCUT2D eigenvalue weighted by Gasteiger charge is 2.19. The average molecular weight is 348 g/mol. The van der Waals surface area contributed by atoms with Crippen molar-refractivity contribution in [3.63, 3.8) is 0 Å². The van der Waals surface area contributed by atoms with Crippen LogP contribution in [0.5, 0.6) is 0 Å². The average Bonchev–Trinajstić information content (AvgIpc) is 3.41. The summed E-state index contributed by atoms with van der Waals surface area (Å²) in [4.78, 5) is 17.9. The van der Waals surface area contributed by atoms with Crippen molar-refractivity contribution in [3.05, 3.63) is 65.1 Å². The van der Waals surface area contributed by atoms with E-state index in [9.17, 15) is 4.79 Å². The lowest BCUT2D eigenvalue weighted by Crippen LogP contribution is -2.09. The Balaban J connectivity index is 1.70. The van der Waals surface area contributed by atoms with Crippen LogP contribution in [0.1, 0.15) is 9.67 Å². The number of carbonyl (C=O) groups excluding carboxylic acids is 1. The smallest absolute Gasteiger partial charge is 0.234 e. The second-order valence-corrected chi connectivity index (χ2v) is 6.55. The van der Waals surface area contributed by atoms with Crippen LogP contribution in [0, 0.1) is 0 Å². The van der Waals surface area contributed by atoms with Crippen molar-refractivity contribution in [3.8, 4) is 11.6 Å². The number of fused-ring (bicyclic) bond motifs is 3. The molecule has 0 saturated carbocycles. The van der Waals surface area contributed by atoms with E-state index in [1.54, 1.807) is 16.8 Å². The van der Waals surface area contributed by atoms with Gasteiger partial charge in [-0.25, -0.2) is 0 Å². The monoisotopic (exact) mass is 348 g/mol. The number of carbonyl (C=O) groups is 1. The van der Waals surface area contributed by atoms with E-state index in [0.29, 0.717) is 17.4 Å². The normalized spacial score (nSPS) is 11.5. The first-order chi connectivity index (χ1) is 12.3. The van der Waals surface area contributed by atoms with Crippen molar-refractivity contribution < 1.29 is 9.21 Å². The van der Waals surface area contributed by atoms with Gasteiger partial charge in [-0.2, -0.15) is 9.50 Å². The quantitative estimate of drug-likeness (QED) is 0.462. The van der Waals surface area contributed by atoms with Gasteiger partial charge in [0, 0.05) is 0 Å². The van der Waals surface area contributed by atoms with Gasteiger partial charge < -0.3 is 8.98 Å². The van der Waals surface area contributed by atoms with E-state index in [4.69, 9.17) is 4.42 Å². The van der Waals surface area contributed by atoms with Gasteiger partial charge in [0.25, 0.3) is 0 Å². The molecule has 0 bridgehead atoms. The van der Waals surface area contributed by atoms with Crippen molar-refractivity contribution in [2.45, 2.75) is 6.54 Å². The molecule has 25 heavy (non-hydrogen) atoms. The van der Waals surface area contributed by atoms with Gasteiger partial charge in [0.2, 0.25) is 11.6 Å². The Bertz CT molecular complexity index is 1180. The largest absolute Gasteiger partial charge is 0.461 e. The SMILES string of the molecule is O=C(Cn1c2ccccc2n2nc(-c3ccco3)nc12)c1cccs1. The summed E-state index contributed by atoms with van der Waals surface area (Å²) in [6, 6.07) is 15.2. The Morgan fingerprint density at radius 3 is 2.72 bits per heavy atom. The second-order valence-electron chi connectivity index (χ2n) is 5.60. The first-order valence-corrected chi connectivity index (χ1v) is 8.64. The minimum atomic E-state index is 0.0563. The third-order valence-corrected chi connectivity index (χ3v) is 4.98. The van der Waals surface area contributed by atoms with E-state index in [2.05, 4.69) is 10.1 Å². The van der Waals surface area contributed by atoms with Gasteiger partial charge in [0.05, 0.1) is 28.7 Å². The summed E-state index contributed by atoms with van der Waals surface area (Å²) in [5, 5.41) is 6.46. The number of para-hydroxylation sites is 2. The molecular formula is C18H12N4O2S. The molecule has 0 radical (unpaired) electrons. The standard InChI is InChI=1S/C18H12N4O2S/c23-14(16-8-4-10-25-16)11-21-12-5-1-2-6-13(12)22-18(21)19-17(20-22)15-7-3-9-24-15/h1-10H,11H2. The van der Waals surface area contributed by atoms with E-state index in [-0.39, 0.29) is 12.3 Å². The lowest BCUT2D eigenvalue weighted by molar-refractivity contribution is 0.0978. The van der Waals surface area contributed by atoms with Crippen molar-refractivity contribution >= 4 is 33.9 Å². The first kappa shape index (κ1) is 14.2. The van der Waals surface area contributed by atoms with E-state index in [1.807, 2.05) is 52.4 Å². The second kappa shape index (κ2) is 5.42. The molecule has 0 unspecified atom stereocenters. The predicted octanol–water partition coefficient (Wildman–Crippen LogP) is 3.89. The van der Waals surface area contributed by atoms with Crippen LogP contribution in [-0.4, -0.2) is 24.9 Å². The number of hydrogen-bond donors (Lipinski definition) is 0. The first-order valence-electron chi connectivity index (χ1n) is 7.76. The van der Waals surface area contributed by atoms with Crippen LogP contribution in [0.2, 0.25) is 0 Å². The highest BCUT2D eigenvalue weighted by atomic mass is 32.1. The number of thiophene rings is 1. The maximum Gasteiger partial charge on any atom is 0.234 e. The maximum absolute atomic E-state index is 12.6. The minimum Gasteiger partial charge on any atom is -0.461 e. The van der Waals surface area contributed by atoms with Crippen LogP contribution in [0.25, 0.3) is 28.4 Å². The number of imidazole rings is 1. The van der Waals surface area contributed by atoms with Crippen molar-refractivity contribution in [1.82, 2.24) is 19.2 Å². The predicted molar refractivity (Wildman–Crippen MR) is 94.8 cm³/mol. The summed E-state index contributed by atoms with van der Waals surface area (Å²) in [7, 11) is 0. The van der Waals surface area contributed by atoms with E-state index in [1.165, 1.54) is 11.3 Å². The lowest BCUT2D eigenvalue weighted by atomic mass is 10.3. The van der Waals surface area contributed by atoms with Gasteiger partial charge in [-0.1, -0.05) is 18.2 Å². The molecule has 4 heterocycles. The third kappa shape index (κ3) is 2.20. The van der Waals surface area contributed by atoms with Crippen LogP contribution >= 0.6 is 11.3 Å². The molecule has 6 nitrogen and oxygen atoms in total. The number of ketones is 1. The topological polar surface area (TPSA) is 65.3 Å². The lowest BCUT2D eigenvalue weighted by Gasteiger charge is -2.02. The summed E-state index contributed by atoms with van der Waals surface area (Å²) in [5.41, 5.74) is 1.83. The molecule has 1 aromatic carbocycles. The summed E-state index contributed by atoms with van der Waals surface area (Å²) in [6.45, 7) is 0.216. The molecule has 0 atom stereocenters. The highest BCUT2D eigenvalue weighted by Crippen LogP contribution is 2.24. The molecule has 5 aromatic rings. The fourth-order valence-corrected chi connectivity index (χ4v) is 3.60. The fraction of sp³-hybridized carbons (Fsp3) is 0.0556. The number of benzene rings is 1. The molecule has 0 aliphatic rings. The van der Waals surface area contributed by atoms with Crippen LogP contribution in [0.3, 0.4) is 0 Å². The molecule has 5 rings (SSSR count). The Morgan fingerprint density at radius 2 is 1.96 bits per heavy atom. The fourth-order valence-electron chi connectivity index (χ4n) is 2.94. The number of Topliss-reactive ketones (excluding diaryl/α,β-unsaturated/α-hetero) is 1. The number of furan rings is 1. The Kier molecular flexibility index (Phi) is 3.07. The number of hydrogen-bond acceptors (Lipinski definition) is 5. The summed E-state index contributed by atoms with van der Waals surface area (Å²) in [5.74, 6) is 1.78. The minimum absolute atomic E-state index is 0.0563. The van der Waals surface area contributed by atoms with Crippen molar-refractivity contribution in [2.75, 3.05) is 0 Å².